The highest BCUT2D eigenvalue weighted by atomic mass is 16.5. The zero-order valence-corrected chi connectivity index (χ0v) is 12.2. The Morgan fingerprint density at radius 2 is 1.89 bits per heavy atom. The summed E-state index contributed by atoms with van der Waals surface area (Å²) in [7, 11) is 1.71. The van der Waals surface area contributed by atoms with Crippen LogP contribution in [0.1, 0.15) is 31.7 Å². The zero-order chi connectivity index (χ0) is 13.5. The fourth-order valence-corrected chi connectivity index (χ4v) is 2.63. The van der Waals surface area contributed by atoms with Gasteiger partial charge in [0.1, 0.15) is 5.75 Å². The summed E-state index contributed by atoms with van der Waals surface area (Å²) >= 11 is 0. The van der Waals surface area contributed by atoms with Crippen molar-refractivity contribution < 1.29 is 4.74 Å². The van der Waals surface area contributed by atoms with Crippen molar-refractivity contribution in [2.24, 2.45) is 0 Å². The van der Waals surface area contributed by atoms with Crippen LogP contribution in [0.3, 0.4) is 0 Å². The lowest BCUT2D eigenvalue weighted by Crippen LogP contribution is -2.42. The first-order chi connectivity index (χ1) is 9.31. The van der Waals surface area contributed by atoms with E-state index in [0.29, 0.717) is 0 Å². The Hall–Kier alpha value is -1.06. The number of likely N-dealkylation sites (tertiary alicyclic amines) is 1. The van der Waals surface area contributed by atoms with Crippen molar-refractivity contribution in [2.75, 3.05) is 26.7 Å². The molecule has 0 aliphatic carbocycles. The third kappa shape index (κ3) is 4.51. The average Bonchev–Trinajstić information content (AvgIpc) is 2.47. The van der Waals surface area contributed by atoms with Crippen LogP contribution in [-0.2, 0) is 6.54 Å². The maximum Gasteiger partial charge on any atom is 0.118 e. The first-order valence-corrected chi connectivity index (χ1v) is 7.40. The number of piperidine rings is 1. The molecule has 0 atom stereocenters. The van der Waals surface area contributed by atoms with Crippen LogP contribution in [0.15, 0.2) is 24.3 Å². The molecule has 3 nitrogen and oxygen atoms in total. The van der Waals surface area contributed by atoms with Crippen LogP contribution in [0.25, 0.3) is 0 Å². The summed E-state index contributed by atoms with van der Waals surface area (Å²) in [6, 6.07) is 9.16. The predicted molar refractivity (Wildman–Crippen MR) is 79.6 cm³/mol. The maximum absolute atomic E-state index is 5.19. The number of nitrogens with one attached hydrogen (secondary N) is 1. The third-order valence-electron chi connectivity index (χ3n) is 3.84. The van der Waals surface area contributed by atoms with Crippen LogP contribution in [0, 0.1) is 0 Å². The second kappa shape index (κ2) is 7.51. The van der Waals surface area contributed by atoms with Crippen LogP contribution in [-0.4, -0.2) is 37.7 Å². The summed E-state index contributed by atoms with van der Waals surface area (Å²) in [5.41, 5.74) is 1.38. The number of benzene rings is 1. The summed E-state index contributed by atoms with van der Waals surface area (Å²) in [5, 5.41) is 3.63. The molecular formula is C16H26N2O. The van der Waals surface area contributed by atoms with E-state index in [-0.39, 0.29) is 0 Å². The summed E-state index contributed by atoms with van der Waals surface area (Å²) in [6.07, 6.45) is 3.78. The van der Waals surface area contributed by atoms with Gasteiger partial charge in [-0.05, 0) is 56.6 Å². The molecule has 19 heavy (non-hydrogen) atoms. The number of hydrogen-bond acceptors (Lipinski definition) is 3. The summed E-state index contributed by atoms with van der Waals surface area (Å²) in [6.45, 7) is 6.85. The Bertz CT molecular complexity index is 356. The molecule has 1 N–H and O–H groups in total. The quantitative estimate of drug-likeness (QED) is 0.853. The molecule has 0 saturated carbocycles. The monoisotopic (exact) mass is 262 g/mol. The molecule has 1 aromatic carbocycles. The highest BCUT2D eigenvalue weighted by molar-refractivity contribution is 5.27. The van der Waals surface area contributed by atoms with Crippen molar-refractivity contribution in [3.8, 4) is 5.75 Å². The van der Waals surface area contributed by atoms with Gasteiger partial charge in [0.05, 0.1) is 7.11 Å². The Morgan fingerprint density at radius 3 is 2.47 bits per heavy atom. The van der Waals surface area contributed by atoms with E-state index in [2.05, 4.69) is 29.3 Å². The van der Waals surface area contributed by atoms with E-state index >= 15 is 0 Å². The topological polar surface area (TPSA) is 24.5 Å². The second-order valence-corrected chi connectivity index (χ2v) is 5.35. The molecule has 1 aromatic rings. The molecule has 0 unspecified atom stereocenters. The fourth-order valence-electron chi connectivity index (χ4n) is 2.63. The second-order valence-electron chi connectivity index (χ2n) is 5.35. The maximum atomic E-state index is 5.19. The van der Waals surface area contributed by atoms with E-state index in [4.69, 9.17) is 4.74 Å². The van der Waals surface area contributed by atoms with Gasteiger partial charge in [-0.3, -0.25) is 4.90 Å². The fraction of sp³-hybridized carbons (Fsp3) is 0.625. The minimum atomic E-state index is 0.729. The summed E-state index contributed by atoms with van der Waals surface area (Å²) in [5.74, 6) is 0.936. The predicted octanol–water partition coefficient (Wildman–Crippen LogP) is 2.66. The molecule has 0 radical (unpaired) electrons. The van der Waals surface area contributed by atoms with Gasteiger partial charge >= 0.3 is 0 Å². The summed E-state index contributed by atoms with van der Waals surface area (Å²) in [4.78, 5) is 2.55. The molecule has 106 valence electrons. The lowest BCUT2D eigenvalue weighted by molar-refractivity contribution is 0.191. The van der Waals surface area contributed by atoms with Crippen molar-refractivity contribution in [2.45, 2.75) is 38.8 Å². The Labute approximate surface area is 116 Å². The van der Waals surface area contributed by atoms with Gasteiger partial charge in [-0.25, -0.2) is 0 Å². The molecule has 1 aliphatic heterocycles. The molecule has 3 heteroatoms. The highest BCUT2D eigenvalue weighted by Crippen LogP contribution is 2.16. The lowest BCUT2D eigenvalue weighted by Gasteiger charge is -2.32. The van der Waals surface area contributed by atoms with Gasteiger partial charge in [0.2, 0.25) is 0 Å². The minimum Gasteiger partial charge on any atom is -0.497 e. The molecule has 2 rings (SSSR count). The lowest BCUT2D eigenvalue weighted by atomic mass is 10.0. The van der Waals surface area contributed by atoms with Gasteiger partial charge in [0.15, 0.2) is 0 Å². The van der Waals surface area contributed by atoms with Crippen LogP contribution < -0.4 is 10.1 Å². The molecule has 1 heterocycles. The Balaban J connectivity index is 1.75. The first-order valence-electron chi connectivity index (χ1n) is 7.40. The summed E-state index contributed by atoms with van der Waals surface area (Å²) < 4.78 is 5.19. The van der Waals surface area contributed by atoms with Gasteiger partial charge in [0, 0.05) is 12.6 Å². The van der Waals surface area contributed by atoms with E-state index in [1.807, 2.05) is 12.1 Å². The van der Waals surface area contributed by atoms with Gasteiger partial charge in [0.25, 0.3) is 0 Å². The van der Waals surface area contributed by atoms with Crippen LogP contribution in [0.2, 0.25) is 0 Å². The molecule has 0 aromatic heterocycles. The minimum absolute atomic E-state index is 0.729. The van der Waals surface area contributed by atoms with E-state index in [0.717, 1.165) is 24.9 Å². The third-order valence-corrected chi connectivity index (χ3v) is 3.84. The highest BCUT2D eigenvalue weighted by Gasteiger charge is 2.18. The van der Waals surface area contributed by atoms with E-state index in [1.54, 1.807) is 7.11 Å². The van der Waals surface area contributed by atoms with Crippen molar-refractivity contribution in [3.63, 3.8) is 0 Å². The van der Waals surface area contributed by atoms with Crippen molar-refractivity contribution >= 4 is 0 Å². The van der Waals surface area contributed by atoms with Crippen LogP contribution in [0.4, 0.5) is 0 Å². The number of hydrogen-bond donors (Lipinski definition) is 1. The van der Waals surface area contributed by atoms with E-state index in [1.165, 1.54) is 37.9 Å². The SMILES string of the molecule is CCCNC1CCN(Cc2ccc(OC)cc2)CC1. The molecular weight excluding hydrogens is 236 g/mol. The standard InChI is InChI=1S/C16H26N2O/c1-3-10-17-15-8-11-18(12-9-15)13-14-4-6-16(19-2)7-5-14/h4-7,15,17H,3,8-13H2,1-2H3. The van der Waals surface area contributed by atoms with E-state index < -0.39 is 0 Å². The Kier molecular flexibility index (Phi) is 5.67. The smallest absolute Gasteiger partial charge is 0.118 e. The van der Waals surface area contributed by atoms with Gasteiger partial charge < -0.3 is 10.1 Å². The number of nitrogens with zero attached hydrogens (tertiary/aromatic N) is 1. The van der Waals surface area contributed by atoms with Gasteiger partial charge in [-0.2, -0.15) is 0 Å². The van der Waals surface area contributed by atoms with Crippen molar-refractivity contribution in [1.29, 1.82) is 0 Å². The van der Waals surface area contributed by atoms with Crippen molar-refractivity contribution in [1.82, 2.24) is 10.2 Å². The number of methoxy groups -OCH3 is 1. The van der Waals surface area contributed by atoms with Gasteiger partial charge in [-0.1, -0.05) is 19.1 Å². The Morgan fingerprint density at radius 1 is 1.21 bits per heavy atom. The van der Waals surface area contributed by atoms with Crippen molar-refractivity contribution in [3.05, 3.63) is 29.8 Å². The normalized spacial score (nSPS) is 17.6. The van der Waals surface area contributed by atoms with Crippen LogP contribution in [0.5, 0.6) is 5.75 Å². The molecule has 1 fully saturated rings. The number of rotatable bonds is 6. The molecule has 0 amide bonds. The molecule has 0 bridgehead atoms. The molecule has 1 aliphatic rings. The first kappa shape index (κ1) is 14.4. The van der Waals surface area contributed by atoms with Crippen LogP contribution >= 0.6 is 0 Å². The van der Waals surface area contributed by atoms with Gasteiger partial charge in [-0.15, -0.1) is 0 Å². The number of ether oxygens (including phenoxy) is 1. The molecule has 0 spiro atoms. The largest absolute Gasteiger partial charge is 0.497 e. The van der Waals surface area contributed by atoms with E-state index in [9.17, 15) is 0 Å². The zero-order valence-electron chi connectivity index (χ0n) is 12.2. The molecule has 1 saturated heterocycles. The average molecular weight is 262 g/mol.